The van der Waals surface area contributed by atoms with E-state index in [1.165, 1.54) is 6.20 Å². The molecule has 2 aromatic heterocycles. The maximum absolute atomic E-state index is 14.8. The molecule has 3 fully saturated rings. The van der Waals surface area contributed by atoms with Crippen LogP contribution in [-0.4, -0.2) is 75.1 Å². The number of aliphatic hydroxyl groups excluding tert-OH is 1. The standard InChI is InChI=1S/C21H26ClF2N5O2/c1-12-3-4-14(30)10-29(12)19-15-8-25-18(22)16(24)17(15)26-20(27-19)31-11-21-5-2-6-28(21)9-13(23)7-21/h8,12-14,30H,2-7,9-11H2,1H3/t12-,13-,14-,21+/m1/s1. The highest BCUT2D eigenvalue weighted by molar-refractivity contribution is 6.30. The van der Waals surface area contributed by atoms with Gasteiger partial charge in [0.1, 0.15) is 24.1 Å². The lowest BCUT2D eigenvalue weighted by molar-refractivity contribution is 0.107. The van der Waals surface area contributed by atoms with Crippen molar-refractivity contribution in [3.63, 3.8) is 0 Å². The van der Waals surface area contributed by atoms with Gasteiger partial charge < -0.3 is 14.7 Å². The number of rotatable bonds is 4. The fraction of sp³-hybridized carbons (Fsp3) is 0.667. The minimum absolute atomic E-state index is 0.0273. The van der Waals surface area contributed by atoms with Gasteiger partial charge in [-0.2, -0.15) is 9.97 Å². The lowest BCUT2D eigenvalue weighted by atomic mass is 9.95. The molecule has 3 aliphatic rings. The molecule has 3 saturated heterocycles. The van der Waals surface area contributed by atoms with E-state index in [0.717, 1.165) is 25.8 Å². The molecule has 31 heavy (non-hydrogen) atoms. The van der Waals surface area contributed by atoms with Gasteiger partial charge in [0.05, 0.1) is 17.0 Å². The third kappa shape index (κ3) is 3.70. The Hall–Kier alpha value is -1.84. The van der Waals surface area contributed by atoms with Crippen molar-refractivity contribution in [2.45, 2.75) is 62.9 Å². The Morgan fingerprint density at radius 3 is 3.00 bits per heavy atom. The molecule has 168 valence electrons. The number of aromatic nitrogens is 3. The van der Waals surface area contributed by atoms with Crippen LogP contribution >= 0.6 is 11.6 Å². The predicted molar refractivity (Wildman–Crippen MR) is 113 cm³/mol. The van der Waals surface area contributed by atoms with Crippen molar-refractivity contribution >= 4 is 28.3 Å². The Labute approximate surface area is 184 Å². The van der Waals surface area contributed by atoms with Crippen molar-refractivity contribution in [2.75, 3.05) is 31.1 Å². The first-order valence-electron chi connectivity index (χ1n) is 10.8. The van der Waals surface area contributed by atoms with Crippen LogP contribution in [0.15, 0.2) is 6.20 Å². The van der Waals surface area contributed by atoms with E-state index in [0.29, 0.717) is 37.1 Å². The molecule has 0 amide bonds. The maximum Gasteiger partial charge on any atom is 0.319 e. The summed E-state index contributed by atoms with van der Waals surface area (Å²) in [5, 5.41) is 10.3. The molecular formula is C21H26ClF2N5O2. The van der Waals surface area contributed by atoms with Gasteiger partial charge >= 0.3 is 6.01 Å². The fourth-order valence-corrected chi connectivity index (χ4v) is 5.45. The van der Waals surface area contributed by atoms with Gasteiger partial charge in [0.2, 0.25) is 0 Å². The summed E-state index contributed by atoms with van der Waals surface area (Å²) in [4.78, 5) is 16.9. The van der Waals surface area contributed by atoms with Crippen molar-refractivity contribution in [1.82, 2.24) is 19.9 Å². The molecule has 0 spiro atoms. The number of anilines is 1. The second kappa shape index (κ2) is 7.94. The van der Waals surface area contributed by atoms with Gasteiger partial charge in [-0.1, -0.05) is 11.6 Å². The molecule has 2 aromatic rings. The predicted octanol–water partition coefficient (Wildman–Crippen LogP) is 3.12. The molecule has 5 heterocycles. The van der Waals surface area contributed by atoms with E-state index in [2.05, 4.69) is 19.9 Å². The van der Waals surface area contributed by atoms with Gasteiger partial charge in [0, 0.05) is 31.7 Å². The van der Waals surface area contributed by atoms with E-state index in [1.807, 2.05) is 11.8 Å². The highest BCUT2D eigenvalue weighted by Crippen LogP contribution is 2.40. The Morgan fingerprint density at radius 1 is 1.32 bits per heavy atom. The average molecular weight is 454 g/mol. The van der Waals surface area contributed by atoms with Crippen molar-refractivity contribution < 1.29 is 18.6 Å². The number of hydrogen-bond acceptors (Lipinski definition) is 7. The highest BCUT2D eigenvalue weighted by Gasteiger charge is 2.49. The third-order valence-electron chi connectivity index (χ3n) is 6.96. The number of aliphatic hydroxyl groups is 1. The van der Waals surface area contributed by atoms with Crippen molar-refractivity contribution in [3.8, 4) is 6.01 Å². The number of alkyl halides is 1. The number of hydrogen-bond donors (Lipinski definition) is 1. The molecule has 3 aliphatic heterocycles. The van der Waals surface area contributed by atoms with Gasteiger partial charge in [0.15, 0.2) is 11.0 Å². The normalized spacial score (nSPS) is 31.4. The monoisotopic (exact) mass is 453 g/mol. The molecule has 5 rings (SSSR count). The van der Waals surface area contributed by atoms with Crippen LogP contribution in [0.1, 0.15) is 39.0 Å². The molecule has 0 unspecified atom stereocenters. The second-order valence-electron chi connectivity index (χ2n) is 9.05. The van der Waals surface area contributed by atoms with Gasteiger partial charge in [-0.3, -0.25) is 4.90 Å². The Balaban J connectivity index is 1.52. The number of nitrogens with zero attached hydrogens (tertiary/aromatic N) is 5. The van der Waals surface area contributed by atoms with Gasteiger partial charge in [0.25, 0.3) is 0 Å². The van der Waals surface area contributed by atoms with Crippen molar-refractivity contribution in [3.05, 3.63) is 17.2 Å². The smallest absolute Gasteiger partial charge is 0.319 e. The van der Waals surface area contributed by atoms with Crippen LogP contribution in [0.3, 0.4) is 0 Å². The van der Waals surface area contributed by atoms with E-state index >= 15 is 0 Å². The topological polar surface area (TPSA) is 74.6 Å². The molecule has 1 N–H and O–H groups in total. The number of piperidine rings is 1. The summed E-state index contributed by atoms with van der Waals surface area (Å²) < 4.78 is 34.9. The van der Waals surface area contributed by atoms with E-state index in [1.54, 1.807) is 0 Å². The Morgan fingerprint density at radius 2 is 2.16 bits per heavy atom. The fourth-order valence-electron chi connectivity index (χ4n) is 5.31. The van der Waals surface area contributed by atoms with Gasteiger partial charge in [-0.15, -0.1) is 0 Å². The second-order valence-corrected chi connectivity index (χ2v) is 9.41. The number of fused-ring (bicyclic) bond motifs is 2. The minimum atomic E-state index is -0.866. The van der Waals surface area contributed by atoms with Crippen LogP contribution in [0.5, 0.6) is 6.01 Å². The molecular weight excluding hydrogens is 428 g/mol. The number of β-amino-alcohol motifs (C(OH)–C–C–N with tert-alkyl or cyclic N) is 1. The summed E-state index contributed by atoms with van der Waals surface area (Å²) in [6, 6.07) is 0.124. The molecule has 10 heteroatoms. The number of pyridine rings is 1. The van der Waals surface area contributed by atoms with Crippen LogP contribution in [0, 0.1) is 5.82 Å². The molecule has 0 bridgehead atoms. The summed E-state index contributed by atoms with van der Waals surface area (Å²) in [6.07, 6.45) is 3.85. The van der Waals surface area contributed by atoms with E-state index in [4.69, 9.17) is 16.3 Å². The lowest BCUT2D eigenvalue weighted by Gasteiger charge is -2.37. The summed E-state index contributed by atoms with van der Waals surface area (Å²) in [7, 11) is 0. The highest BCUT2D eigenvalue weighted by atomic mass is 35.5. The number of ether oxygens (including phenoxy) is 1. The molecule has 0 radical (unpaired) electrons. The van der Waals surface area contributed by atoms with E-state index in [-0.39, 0.29) is 34.9 Å². The Bertz CT molecular complexity index is 998. The van der Waals surface area contributed by atoms with Crippen LogP contribution in [0.2, 0.25) is 5.15 Å². The maximum atomic E-state index is 14.8. The zero-order chi connectivity index (χ0) is 21.8. The summed E-state index contributed by atoms with van der Waals surface area (Å²) >= 11 is 5.91. The largest absolute Gasteiger partial charge is 0.461 e. The average Bonchev–Trinajstić information content (AvgIpc) is 3.26. The summed E-state index contributed by atoms with van der Waals surface area (Å²) in [6.45, 7) is 3.93. The summed E-state index contributed by atoms with van der Waals surface area (Å²) in [5.74, 6) is -0.270. The van der Waals surface area contributed by atoms with Crippen LogP contribution in [0.25, 0.3) is 10.9 Å². The van der Waals surface area contributed by atoms with Crippen LogP contribution < -0.4 is 9.64 Å². The van der Waals surface area contributed by atoms with Crippen LogP contribution in [-0.2, 0) is 0 Å². The first kappa shape index (κ1) is 21.0. The zero-order valence-corrected chi connectivity index (χ0v) is 18.2. The minimum Gasteiger partial charge on any atom is -0.461 e. The SMILES string of the molecule is C[C@@H]1CC[C@@H](O)CN1c1nc(OC[C@@]23CCCN2C[C@H](F)C3)nc2c(F)c(Cl)ncc12. The first-order valence-corrected chi connectivity index (χ1v) is 11.2. The molecule has 0 saturated carbocycles. The summed E-state index contributed by atoms with van der Waals surface area (Å²) in [5.41, 5.74) is -0.330. The van der Waals surface area contributed by atoms with Gasteiger partial charge in [-0.25, -0.2) is 13.8 Å². The van der Waals surface area contributed by atoms with Gasteiger partial charge in [-0.05, 0) is 39.2 Å². The number of halogens is 3. The van der Waals surface area contributed by atoms with Crippen LogP contribution in [0.4, 0.5) is 14.6 Å². The van der Waals surface area contributed by atoms with E-state index in [9.17, 15) is 13.9 Å². The third-order valence-corrected chi connectivity index (χ3v) is 7.22. The molecule has 7 nitrogen and oxygen atoms in total. The van der Waals surface area contributed by atoms with Crippen molar-refractivity contribution in [2.24, 2.45) is 0 Å². The molecule has 0 aliphatic carbocycles. The lowest BCUT2D eigenvalue weighted by Crippen LogP contribution is -2.45. The van der Waals surface area contributed by atoms with Crippen molar-refractivity contribution in [1.29, 1.82) is 0 Å². The van der Waals surface area contributed by atoms with E-state index < -0.39 is 18.1 Å². The zero-order valence-electron chi connectivity index (χ0n) is 17.4. The quantitative estimate of drug-likeness (QED) is 0.713. The molecule has 0 aromatic carbocycles. The molecule has 4 atom stereocenters. The first-order chi connectivity index (χ1) is 14.9. The Kier molecular flexibility index (Phi) is 5.38.